The van der Waals surface area contributed by atoms with Crippen LogP contribution in [0, 0.1) is 10.1 Å². The zero-order chi connectivity index (χ0) is 22.4. The van der Waals surface area contributed by atoms with Crippen molar-refractivity contribution in [3.05, 3.63) is 39.9 Å². The van der Waals surface area contributed by atoms with Gasteiger partial charge in [-0.2, -0.15) is 9.97 Å². The van der Waals surface area contributed by atoms with Crippen LogP contribution in [0.2, 0.25) is 0 Å². The molecular weight excluding hydrogens is 402 g/mol. The Balaban J connectivity index is 1.80. The molecule has 11 heteroatoms. The van der Waals surface area contributed by atoms with E-state index in [-0.39, 0.29) is 35.4 Å². The van der Waals surface area contributed by atoms with E-state index in [1.165, 1.54) is 0 Å². The van der Waals surface area contributed by atoms with E-state index < -0.39 is 4.92 Å². The van der Waals surface area contributed by atoms with Crippen LogP contribution in [0.1, 0.15) is 24.4 Å². The summed E-state index contributed by atoms with van der Waals surface area (Å²) in [5.41, 5.74) is 6.55. The van der Waals surface area contributed by atoms with Crippen molar-refractivity contribution in [2.75, 3.05) is 57.3 Å². The van der Waals surface area contributed by atoms with Crippen molar-refractivity contribution in [3.8, 4) is 5.75 Å². The van der Waals surface area contributed by atoms with Crippen LogP contribution in [0.25, 0.3) is 0 Å². The largest absolute Gasteiger partial charge is 0.496 e. The van der Waals surface area contributed by atoms with Gasteiger partial charge in [-0.1, -0.05) is 18.2 Å². The predicted octanol–water partition coefficient (Wildman–Crippen LogP) is 2.28. The first-order valence-corrected chi connectivity index (χ1v) is 10.1. The number of anilines is 3. The number of likely N-dealkylation sites (N-methyl/N-ethyl adjacent to an activating group) is 1. The Morgan fingerprint density at radius 1 is 1.35 bits per heavy atom. The van der Waals surface area contributed by atoms with Gasteiger partial charge in [-0.25, -0.2) is 0 Å². The second-order valence-corrected chi connectivity index (χ2v) is 7.50. The van der Waals surface area contributed by atoms with E-state index in [2.05, 4.69) is 20.6 Å². The SMILES string of the molecule is COc1ccccc1[C@@H](CNc1nc(N)c([N+](=O)[O-])c(NC[C@H]2CCCO2)n1)N(C)C. The second-order valence-electron chi connectivity index (χ2n) is 7.50. The molecule has 2 aromatic rings. The third-order valence-corrected chi connectivity index (χ3v) is 5.19. The molecule has 0 saturated carbocycles. The standard InChI is InChI=1S/C20H29N7O4/c1-26(2)15(14-8-4-5-9-16(14)30-3)12-23-20-24-18(21)17(27(28)29)19(25-20)22-11-13-7-6-10-31-13/h4-5,8-9,13,15H,6-7,10-12H2,1-3H3,(H4,21,22,23,24,25)/t13-,15-/m1/s1. The number of nitro groups is 1. The summed E-state index contributed by atoms with van der Waals surface area (Å²) in [5.74, 6) is 0.857. The summed E-state index contributed by atoms with van der Waals surface area (Å²) in [7, 11) is 5.54. The average Bonchev–Trinajstić information content (AvgIpc) is 3.25. The molecule has 1 aliphatic heterocycles. The summed E-state index contributed by atoms with van der Waals surface area (Å²) >= 11 is 0. The Morgan fingerprint density at radius 2 is 2.13 bits per heavy atom. The molecule has 0 bridgehead atoms. The molecule has 2 atom stereocenters. The number of hydrogen-bond donors (Lipinski definition) is 3. The maximum Gasteiger partial charge on any atom is 0.353 e. The van der Waals surface area contributed by atoms with Crippen LogP contribution in [-0.2, 0) is 4.74 Å². The summed E-state index contributed by atoms with van der Waals surface area (Å²) in [6.07, 6.45) is 1.87. The summed E-state index contributed by atoms with van der Waals surface area (Å²) in [6.45, 7) is 1.55. The van der Waals surface area contributed by atoms with Gasteiger partial charge in [0.05, 0.1) is 24.2 Å². The lowest BCUT2D eigenvalue weighted by Crippen LogP contribution is -2.28. The maximum absolute atomic E-state index is 11.5. The lowest BCUT2D eigenvalue weighted by atomic mass is 10.0. The molecule has 1 aromatic heterocycles. The highest BCUT2D eigenvalue weighted by atomic mass is 16.6. The van der Waals surface area contributed by atoms with E-state index in [1.807, 2.05) is 43.3 Å². The summed E-state index contributed by atoms with van der Waals surface area (Å²) in [4.78, 5) is 21.4. The number of hydrogen-bond acceptors (Lipinski definition) is 10. The fourth-order valence-electron chi connectivity index (χ4n) is 3.57. The molecule has 4 N–H and O–H groups in total. The number of ether oxygens (including phenoxy) is 2. The third kappa shape index (κ3) is 5.50. The smallest absolute Gasteiger partial charge is 0.353 e. The molecule has 31 heavy (non-hydrogen) atoms. The summed E-state index contributed by atoms with van der Waals surface area (Å²) < 4.78 is 11.1. The molecule has 1 fully saturated rings. The number of rotatable bonds is 10. The van der Waals surface area contributed by atoms with Gasteiger partial charge in [-0.15, -0.1) is 0 Å². The number of benzene rings is 1. The molecule has 2 heterocycles. The van der Waals surface area contributed by atoms with Crippen molar-refractivity contribution in [1.82, 2.24) is 14.9 Å². The Hall–Kier alpha value is -3.18. The van der Waals surface area contributed by atoms with E-state index in [4.69, 9.17) is 15.2 Å². The van der Waals surface area contributed by atoms with Crippen molar-refractivity contribution in [1.29, 1.82) is 0 Å². The summed E-state index contributed by atoms with van der Waals surface area (Å²) in [6, 6.07) is 7.69. The quantitative estimate of drug-likeness (QED) is 0.379. The van der Waals surface area contributed by atoms with Crippen LogP contribution in [0.4, 0.5) is 23.3 Å². The van der Waals surface area contributed by atoms with Crippen molar-refractivity contribution in [2.24, 2.45) is 0 Å². The van der Waals surface area contributed by atoms with Gasteiger partial charge in [0.1, 0.15) is 5.75 Å². The number of nitrogens with two attached hydrogens (primary N) is 1. The number of aromatic nitrogens is 2. The van der Waals surface area contributed by atoms with E-state index >= 15 is 0 Å². The fraction of sp³-hybridized carbons (Fsp3) is 0.500. The molecule has 0 aliphatic carbocycles. The molecular formula is C20H29N7O4. The van der Waals surface area contributed by atoms with Gasteiger partial charge in [0.25, 0.3) is 0 Å². The number of nitrogens with zero attached hydrogens (tertiary/aromatic N) is 4. The number of para-hydroxylation sites is 1. The van der Waals surface area contributed by atoms with E-state index in [1.54, 1.807) is 7.11 Å². The van der Waals surface area contributed by atoms with Gasteiger partial charge in [0, 0.05) is 25.3 Å². The van der Waals surface area contributed by atoms with E-state index in [0.29, 0.717) is 19.7 Å². The molecule has 168 valence electrons. The molecule has 0 spiro atoms. The van der Waals surface area contributed by atoms with E-state index in [9.17, 15) is 10.1 Å². The van der Waals surface area contributed by atoms with Crippen LogP contribution in [0.3, 0.4) is 0 Å². The lowest BCUT2D eigenvalue weighted by molar-refractivity contribution is -0.383. The minimum absolute atomic E-state index is 0.00382. The first-order valence-electron chi connectivity index (χ1n) is 10.1. The number of methoxy groups -OCH3 is 1. The monoisotopic (exact) mass is 431 g/mol. The number of nitrogen functional groups attached to an aromatic ring is 1. The number of nitrogens with one attached hydrogen (secondary N) is 2. The van der Waals surface area contributed by atoms with Gasteiger partial charge < -0.3 is 30.7 Å². The lowest BCUT2D eigenvalue weighted by Gasteiger charge is -2.26. The minimum atomic E-state index is -0.575. The minimum Gasteiger partial charge on any atom is -0.496 e. The molecule has 0 radical (unpaired) electrons. The highest BCUT2D eigenvalue weighted by molar-refractivity contribution is 5.69. The zero-order valence-corrected chi connectivity index (χ0v) is 18.0. The molecule has 0 unspecified atom stereocenters. The van der Waals surface area contributed by atoms with Gasteiger partial charge in [-0.05, 0) is 33.0 Å². The topological polar surface area (TPSA) is 141 Å². The molecule has 11 nitrogen and oxygen atoms in total. The fourth-order valence-corrected chi connectivity index (χ4v) is 3.57. The van der Waals surface area contributed by atoms with Gasteiger partial charge in [0.2, 0.25) is 17.6 Å². The highest BCUT2D eigenvalue weighted by Gasteiger charge is 2.25. The second kappa shape index (κ2) is 10.2. The first kappa shape index (κ1) is 22.5. The van der Waals surface area contributed by atoms with E-state index in [0.717, 1.165) is 24.2 Å². The van der Waals surface area contributed by atoms with Crippen molar-refractivity contribution in [2.45, 2.75) is 25.0 Å². The zero-order valence-electron chi connectivity index (χ0n) is 18.0. The Bertz CT molecular complexity index is 903. The molecule has 1 saturated heterocycles. The van der Waals surface area contributed by atoms with Crippen LogP contribution in [0.5, 0.6) is 5.75 Å². The molecule has 1 aromatic carbocycles. The average molecular weight is 431 g/mol. The van der Waals surface area contributed by atoms with Crippen LogP contribution in [0.15, 0.2) is 24.3 Å². The van der Waals surface area contributed by atoms with Crippen molar-refractivity contribution >= 4 is 23.3 Å². The van der Waals surface area contributed by atoms with Crippen LogP contribution < -0.4 is 21.1 Å². The Morgan fingerprint density at radius 3 is 2.77 bits per heavy atom. The summed E-state index contributed by atoms with van der Waals surface area (Å²) in [5, 5.41) is 17.7. The third-order valence-electron chi connectivity index (χ3n) is 5.19. The highest BCUT2D eigenvalue weighted by Crippen LogP contribution is 2.31. The Labute approximate surface area is 181 Å². The van der Waals surface area contributed by atoms with Crippen LogP contribution >= 0.6 is 0 Å². The van der Waals surface area contributed by atoms with Gasteiger partial charge in [-0.3, -0.25) is 10.1 Å². The first-order chi connectivity index (χ1) is 14.9. The van der Waals surface area contributed by atoms with Gasteiger partial charge >= 0.3 is 5.69 Å². The van der Waals surface area contributed by atoms with Crippen LogP contribution in [-0.4, -0.2) is 66.8 Å². The molecule has 0 amide bonds. The molecule has 3 rings (SSSR count). The van der Waals surface area contributed by atoms with Crippen molar-refractivity contribution in [3.63, 3.8) is 0 Å². The van der Waals surface area contributed by atoms with Gasteiger partial charge in [0.15, 0.2) is 0 Å². The molecule has 1 aliphatic rings. The maximum atomic E-state index is 11.5. The normalized spacial score (nSPS) is 16.8. The van der Waals surface area contributed by atoms with Crippen molar-refractivity contribution < 1.29 is 14.4 Å². The Kier molecular flexibility index (Phi) is 7.42. The predicted molar refractivity (Wildman–Crippen MR) is 118 cm³/mol.